The Hall–Kier alpha value is -4.88. The van der Waals surface area contributed by atoms with Crippen molar-refractivity contribution in [1.29, 1.82) is 0 Å². The summed E-state index contributed by atoms with van der Waals surface area (Å²) in [5, 5.41) is 15.2. The number of aromatic amines is 1. The minimum absolute atomic E-state index is 0. The van der Waals surface area contributed by atoms with Gasteiger partial charge in [-0.25, -0.2) is 28.0 Å². The number of nitrogens with zero attached hydrogens (tertiary/aromatic N) is 5. The number of carbonyl (C=O) groups excluding carboxylic acids is 2. The number of carbonyl (C=O) groups is 2. The smallest absolute Gasteiger partial charge is 0.414 e. The van der Waals surface area contributed by atoms with E-state index >= 15 is 0 Å². The SMILES string of the molecule is C.CC(C)(C)OC(=O)Nc1ncn[nH]1.CCOP(=O)(Cn1cnc(NC(=O)c2cc(Oc3ccc(S(C)(=O)=O)cc3)cc(O[C@@H](C)COC)c2)n1)OCC. The van der Waals surface area contributed by atoms with Crippen LogP contribution in [0.4, 0.5) is 16.7 Å². The van der Waals surface area contributed by atoms with Gasteiger partial charge in [-0.05, 0) is 77.9 Å². The molecule has 2 aromatic carbocycles. The van der Waals surface area contributed by atoms with Gasteiger partial charge in [0, 0.05) is 25.0 Å². The average Bonchev–Trinajstić information content (AvgIpc) is 3.72. The Kier molecular flexibility index (Phi) is 17.2. The molecule has 2 amide bonds. The number of H-pyrrole nitrogens is 1. The van der Waals surface area contributed by atoms with Gasteiger partial charge in [-0.15, -0.1) is 5.10 Å². The molecule has 4 aromatic rings. The van der Waals surface area contributed by atoms with Crippen LogP contribution >= 0.6 is 7.60 Å². The number of nitrogens with one attached hydrogen (secondary N) is 3. The van der Waals surface area contributed by atoms with Crippen molar-refractivity contribution in [3.05, 3.63) is 60.7 Å². The molecular formula is C33H49N8O11PS. The summed E-state index contributed by atoms with van der Waals surface area (Å²) in [7, 11) is -5.24. The molecule has 0 aliphatic rings. The van der Waals surface area contributed by atoms with Gasteiger partial charge in [0.25, 0.3) is 5.91 Å². The minimum atomic E-state index is -3.43. The molecule has 2 aromatic heterocycles. The molecule has 4 rings (SSSR count). The number of benzene rings is 2. The number of amides is 2. The van der Waals surface area contributed by atoms with E-state index in [1.807, 2.05) is 0 Å². The number of sulfone groups is 1. The summed E-state index contributed by atoms with van der Waals surface area (Å²) in [4.78, 5) is 32.2. The van der Waals surface area contributed by atoms with E-state index in [1.54, 1.807) is 54.7 Å². The summed E-state index contributed by atoms with van der Waals surface area (Å²) in [5.74, 6) is 0.656. The third-order valence-corrected chi connectivity index (χ3v) is 9.20. The van der Waals surface area contributed by atoms with Crippen LogP contribution in [0.3, 0.4) is 0 Å². The highest BCUT2D eigenvalue weighted by Gasteiger charge is 2.25. The van der Waals surface area contributed by atoms with Crippen LogP contribution in [-0.4, -0.2) is 95.3 Å². The van der Waals surface area contributed by atoms with Crippen molar-refractivity contribution in [3.63, 3.8) is 0 Å². The fraction of sp³-hybridized carbons (Fsp3) is 0.455. The van der Waals surface area contributed by atoms with E-state index in [0.717, 1.165) is 6.26 Å². The van der Waals surface area contributed by atoms with Crippen LogP contribution in [0, 0.1) is 0 Å². The van der Waals surface area contributed by atoms with Crippen molar-refractivity contribution in [1.82, 2.24) is 29.9 Å². The summed E-state index contributed by atoms with van der Waals surface area (Å²) >= 11 is 0. The third kappa shape index (κ3) is 15.6. The number of ether oxygens (including phenoxy) is 4. The van der Waals surface area contributed by atoms with Crippen molar-refractivity contribution in [2.45, 2.75) is 71.9 Å². The summed E-state index contributed by atoms with van der Waals surface area (Å²) < 4.78 is 70.0. The van der Waals surface area contributed by atoms with Crippen LogP contribution < -0.4 is 20.1 Å². The maximum absolute atomic E-state index is 13.1. The Morgan fingerprint density at radius 2 is 1.63 bits per heavy atom. The van der Waals surface area contributed by atoms with Crippen LogP contribution in [0.1, 0.15) is 59.3 Å². The van der Waals surface area contributed by atoms with Crippen LogP contribution in [0.25, 0.3) is 0 Å². The van der Waals surface area contributed by atoms with E-state index in [4.69, 9.17) is 28.0 Å². The second kappa shape index (κ2) is 20.5. The molecule has 0 saturated carbocycles. The molecule has 0 aliphatic heterocycles. The Balaban J connectivity index is 0.000000608. The Morgan fingerprint density at radius 1 is 0.981 bits per heavy atom. The zero-order chi connectivity index (χ0) is 39.2. The van der Waals surface area contributed by atoms with Gasteiger partial charge >= 0.3 is 13.7 Å². The van der Waals surface area contributed by atoms with Gasteiger partial charge in [0.05, 0.1) is 24.7 Å². The first-order valence-electron chi connectivity index (χ1n) is 16.1. The maximum atomic E-state index is 13.1. The standard InChI is InChI=1S/C25H33N4O9PS.C7H12N4O2.CH4/c1-6-35-39(31,36-7-2)17-29-16-26-25(28-29)27-24(30)19-12-21(37-18(3)15-34-4)14-22(13-19)38-20-8-10-23(11-9-20)40(5,32)33;1-7(2,3)13-6(12)10-5-8-4-9-11-5;/h8-14,16,18H,6-7,15,17H2,1-5H3,(H,27,28,30);4H,1-3H3,(H2,8,9,10,11,12);1H4/t18-;;/m0../s1. The Bertz CT molecular complexity index is 1920. The highest BCUT2D eigenvalue weighted by atomic mass is 32.2. The molecule has 0 fully saturated rings. The van der Waals surface area contributed by atoms with Gasteiger partial charge in [-0.2, -0.15) is 10.1 Å². The van der Waals surface area contributed by atoms with Gasteiger partial charge < -0.3 is 28.0 Å². The number of hydrogen-bond donors (Lipinski definition) is 3. The molecule has 54 heavy (non-hydrogen) atoms. The highest BCUT2D eigenvalue weighted by molar-refractivity contribution is 7.90. The third-order valence-electron chi connectivity index (χ3n) is 6.13. The van der Waals surface area contributed by atoms with E-state index in [1.165, 1.54) is 53.7 Å². The number of anilines is 2. The average molecular weight is 797 g/mol. The molecule has 3 N–H and O–H groups in total. The summed E-state index contributed by atoms with van der Waals surface area (Å²) in [6, 6.07) is 10.5. The number of methoxy groups -OCH3 is 1. The first-order chi connectivity index (χ1) is 24.9. The molecule has 0 aliphatic carbocycles. The summed E-state index contributed by atoms with van der Waals surface area (Å²) in [6.45, 7) is 11.3. The lowest BCUT2D eigenvalue weighted by Crippen LogP contribution is -2.27. The maximum Gasteiger partial charge on any atom is 0.414 e. The second-order valence-electron chi connectivity index (χ2n) is 12.0. The zero-order valence-corrected chi connectivity index (χ0v) is 32.4. The van der Waals surface area contributed by atoms with Gasteiger partial charge in [0.15, 0.2) is 9.84 Å². The summed E-state index contributed by atoms with van der Waals surface area (Å²) in [6.07, 6.45) is 2.67. The lowest BCUT2D eigenvalue weighted by Gasteiger charge is -2.18. The molecule has 1 atom stereocenters. The van der Waals surface area contributed by atoms with Crippen molar-refractivity contribution in [2.75, 3.05) is 43.8 Å². The molecular weight excluding hydrogens is 747 g/mol. The normalized spacial score (nSPS) is 12.0. The Morgan fingerprint density at radius 3 is 2.19 bits per heavy atom. The predicted octanol–water partition coefficient (Wildman–Crippen LogP) is 6.15. The van der Waals surface area contributed by atoms with E-state index in [-0.39, 0.29) is 61.1 Å². The number of aromatic nitrogens is 6. The highest BCUT2D eigenvalue weighted by Crippen LogP contribution is 2.49. The Labute approximate surface area is 314 Å². The quantitative estimate of drug-likeness (QED) is 0.108. The molecule has 0 unspecified atom stereocenters. The van der Waals surface area contributed by atoms with E-state index in [0.29, 0.717) is 18.1 Å². The molecule has 21 heteroatoms. The van der Waals surface area contributed by atoms with E-state index < -0.39 is 35.0 Å². The van der Waals surface area contributed by atoms with E-state index in [2.05, 4.69) is 35.9 Å². The summed E-state index contributed by atoms with van der Waals surface area (Å²) in [5.41, 5.74) is -0.333. The zero-order valence-electron chi connectivity index (χ0n) is 30.7. The molecule has 2 heterocycles. The molecule has 298 valence electrons. The number of rotatable bonds is 16. The predicted molar refractivity (Wildman–Crippen MR) is 200 cm³/mol. The fourth-order valence-electron chi connectivity index (χ4n) is 4.17. The van der Waals surface area contributed by atoms with Crippen molar-refractivity contribution in [3.8, 4) is 17.2 Å². The lowest BCUT2D eigenvalue weighted by molar-refractivity contribution is 0.0634. The number of hydrogen-bond acceptors (Lipinski definition) is 15. The first kappa shape index (κ1) is 45.3. The molecule has 0 bridgehead atoms. The second-order valence-corrected chi connectivity index (χ2v) is 16.1. The molecule has 0 saturated heterocycles. The fourth-order valence-corrected chi connectivity index (χ4v) is 6.32. The van der Waals surface area contributed by atoms with Gasteiger partial charge in [-0.1, -0.05) is 7.43 Å². The minimum Gasteiger partial charge on any atom is -0.488 e. The van der Waals surface area contributed by atoms with Crippen LogP contribution in [0.5, 0.6) is 17.2 Å². The van der Waals surface area contributed by atoms with E-state index in [9.17, 15) is 22.6 Å². The van der Waals surface area contributed by atoms with Gasteiger partial charge in [0.2, 0.25) is 11.9 Å². The molecule has 0 radical (unpaired) electrons. The van der Waals surface area contributed by atoms with Crippen LogP contribution in [0.15, 0.2) is 60.0 Å². The van der Waals surface area contributed by atoms with Crippen molar-refractivity contribution in [2.24, 2.45) is 0 Å². The monoisotopic (exact) mass is 796 g/mol. The van der Waals surface area contributed by atoms with Gasteiger partial charge in [-0.3, -0.25) is 20.0 Å². The van der Waals surface area contributed by atoms with Crippen molar-refractivity contribution >= 4 is 41.3 Å². The van der Waals surface area contributed by atoms with Crippen LogP contribution in [-0.2, 0) is 39.2 Å². The van der Waals surface area contributed by atoms with Gasteiger partial charge in [0.1, 0.15) is 47.9 Å². The van der Waals surface area contributed by atoms with Crippen molar-refractivity contribution < 1.29 is 50.6 Å². The topological polar surface area (TPSA) is 237 Å². The molecule has 0 spiro atoms. The molecule has 19 nitrogen and oxygen atoms in total. The first-order valence-corrected chi connectivity index (χ1v) is 19.8. The van der Waals surface area contributed by atoms with Crippen LogP contribution in [0.2, 0.25) is 0 Å². The largest absolute Gasteiger partial charge is 0.488 e. The lowest BCUT2D eigenvalue weighted by atomic mass is 10.2.